The summed E-state index contributed by atoms with van der Waals surface area (Å²) in [6.45, 7) is 0. The van der Waals surface area contributed by atoms with E-state index < -0.39 is 0 Å². The van der Waals surface area contributed by atoms with Crippen LogP contribution in [0.15, 0.2) is 57.8 Å². The van der Waals surface area contributed by atoms with Crippen molar-refractivity contribution in [2.24, 2.45) is 0 Å². The first-order valence-corrected chi connectivity index (χ1v) is 7.86. The molecule has 1 atom stereocenters. The fraction of sp³-hybridized carbons (Fsp3) is 0.125. The van der Waals surface area contributed by atoms with E-state index in [1.807, 2.05) is 24.3 Å². The van der Waals surface area contributed by atoms with Crippen molar-refractivity contribution in [3.63, 3.8) is 0 Å². The second-order valence-corrected chi connectivity index (χ2v) is 6.05. The van der Waals surface area contributed by atoms with Gasteiger partial charge >= 0.3 is 0 Å². The van der Waals surface area contributed by atoms with E-state index in [1.54, 1.807) is 13.4 Å². The molecule has 0 saturated heterocycles. The van der Waals surface area contributed by atoms with Gasteiger partial charge in [-0.2, -0.15) is 0 Å². The lowest BCUT2D eigenvalue weighted by Crippen LogP contribution is -1.95. The SMILES string of the molecule is COc1ccc(C(Br)c2ccoc2Br)c2ccccc12. The van der Waals surface area contributed by atoms with Crippen molar-refractivity contribution in [2.75, 3.05) is 7.11 Å². The summed E-state index contributed by atoms with van der Waals surface area (Å²) in [5.41, 5.74) is 2.25. The summed E-state index contributed by atoms with van der Waals surface area (Å²) in [5.74, 6) is 0.885. The van der Waals surface area contributed by atoms with E-state index in [9.17, 15) is 0 Å². The van der Waals surface area contributed by atoms with Crippen LogP contribution in [-0.4, -0.2) is 7.11 Å². The van der Waals surface area contributed by atoms with Crippen LogP contribution in [0, 0.1) is 0 Å². The lowest BCUT2D eigenvalue weighted by molar-refractivity contribution is 0.419. The van der Waals surface area contributed by atoms with E-state index in [-0.39, 0.29) is 4.83 Å². The van der Waals surface area contributed by atoms with E-state index in [0.717, 1.165) is 21.4 Å². The van der Waals surface area contributed by atoms with Gasteiger partial charge in [0.05, 0.1) is 18.2 Å². The molecule has 0 N–H and O–H groups in total. The van der Waals surface area contributed by atoms with Crippen LogP contribution in [0.5, 0.6) is 5.75 Å². The normalized spacial score (nSPS) is 12.6. The fourth-order valence-electron chi connectivity index (χ4n) is 2.35. The van der Waals surface area contributed by atoms with E-state index in [2.05, 4.69) is 50.1 Å². The number of hydrogen-bond acceptors (Lipinski definition) is 2. The lowest BCUT2D eigenvalue weighted by Gasteiger charge is -2.14. The van der Waals surface area contributed by atoms with Gasteiger partial charge in [0.15, 0.2) is 4.67 Å². The minimum absolute atomic E-state index is 0.0615. The predicted molar refractivity (Wildman–Crippen MR) is 87.7 cm³/mol. The monoisotopic (exact) mass is 394 g/mol. The molecule has 2 aromatic carbocycles. The molecule has 0 saturated carbocycles. The molecule has 0 aliphatic rings. The summed E-state index contributed by atoms with van der Waals surface area (Å²) >= 11 is 7.20. The van der Waals surface area contributed by atoms with Gasteiger partial charge in [0, 0.05) is 10.9 Å². The predicted octanol–water partition coefficient (Wildman–Crippen LogP) is 5.69. The van der Waals surface area contributed by atoms with Crippen molar-refractivity contribution in [3.8, 4) is 5.75 Å². The van der Waals surface area contributed by atoms with Gasteiger partial charge in [0.25, 0.3) is 0 Å². The van der Waals surface area contributed by atoms with E-state index in [1.165, 1.54) is 10.9 Å². The Morgan fingerprint density at radius 2 is 1.75 bits per heavy atom. The molecule has 3 aromatic rings. The number of alkyl halides is 1. The van der Waals surface area contributed by atoms with Crippen molar-refractivity contribution in [2.45, 2.75) is 4.83 Å². The Balaban J connectivity index is 2.20. The molecule has 20 heavy (non-hydrogen) atoms. The molecule has 4 heteroatoms. The maximum atomic E-state index is 5.43. The summed E-state index contributed by atoms with van der Waals surface area (Å²) < 4.78 is 11.5. The van der Waals surface area contributed by atoms with Gasteiger partial charge in [-0.25, -0.2) is 0 Å². The number of ether oxygens (including phenoxy) is 1. The number of benzene rings is 2. The van der Waals surface area contributed by atoms with Gasteiger partial charge in [0.2, 0.25) is 0 Å². The second kappa shape index (κ2) is 5.62. The third kappa shape index (κ3) is 2.27. The quantitative estimate of drug-likeness (QED) is 0.531. The molecule has 0 radical (unpaired) electrons. The second-order valence-electron chi connectivity index (χ2n) is 4.41. The number of halogens is 2. The molecule has 0 aliphatic heterocycles. The third-order valence-electron chi connectivity index (χ3n) is 3.33. The third-order valence-corrected chi connectivity index (χ3v) is 4.96. The minimum Gasteiger partial charge on any atom is -0.496 e. The summed E-state index contributed by atoms with van der Waals surface area (Å²) in [6.07, 6.45) is 1.68. The topological polar surface area (TPSA) is 22.4 Å². The van der Waals surface area contributed by atoms with Crippen LogP contribution in [0.25, 0.3) is 10.8 Å². The van der Waals surface area contributed by atoms with Crippen molar-refractivity contribution < 1.29 is 9.15 Å². The molecule has 1 heterocycles. The molecule has 102 valence electrons. The zero-order valence-electron chi connectivity index (χ0n) is 10.8. The summed E-state index contributed by atoms with van der Waals surface area (Å²) in [6, 6.07) is 14.3. The van der Waals surface area contributed by atoms with E-state index in [4.69, 9.17) is 9.15 Å². The first-order chi connectivity index (χ1) is 9.72. The van der Waals surface area contributed by atoms with Crippen LogP contribution in [-0.2, 0) is 0 Å². The van der Waals surface area contributed by atoms with Gasteiger partial charge < -0.3 is 9.15 Å². The first kappa shape index (κ1) is 13.7. The van der Waals surface area contributed by atoms with Crippen LogP contribution in [0.1, 0.15) is 16.0 Å². The Hall–Kier alpha value is -1.26. The number of furan rings is 1. The Bertz CT molecular complexity index is 749. The zero-order valence-corrected chi connectivity index (χ0v) is 13.9. The molecule has 1 aromatic heterocycles. The standard InChI is InChI=1S/C16H12Br2O2/c1-19-14-7-6-12(10-4-2-3-5-11(10)14)15(17)13-8-9-20-16(13)18/h2-9,15H,1H3. The van der Waals surface area contributed by atoms with Gasteiger partial charge in [-0.3, -0.25) is 0 Å². The first-order valence-electron chi connectivity index (χ1n) is 6.15. The highest BCUT2D eigenvalue weighted by molar-refractivity contribution is 9.10. The lowest BCUT2D eigenvalue weighted by atomic mass is 9.99. The molecule has 2 nitrogen and oxygen atoms in total. The number of hydrogen-bond donors (Lipinski definition) is 0. The Morgan fingerprint density at radius 3 is 2.40 bits per heavy atom. The Kier molecular flexibility index (Phi) is 3.85. The van der Waals surface area contributed by atoms with Crippen LogP contribution < -0.4 is 4.74 Å². The molecule has 0 amide bonds. The molecular formula is C16H12Br2O2. The van der Waals surface area contributed by atoms with Gasteiger partial charge in [-0.05, 0) is 39.0 Å². The zero-order chi connectivity index (χ0) is 14.1. The summed E-state index contributed by atoms with van der Waals surface area (Å²) in [7, 11) is 1.69. The number of methoxy groups -OCH3 is 1. The molecule has 0 spiro atoms. The highest BCUT2D eigenvalue weighted by Crippen LogP contribution is 2.41. The van der Waals surface area contributed by atoms with Gasteiger partial charge in [0.1, 0.15) is 5.75 Å². The average molecular weight is 396 g/mol. The largest absolute Gasteiger partial charge is 0.496 e. The van der Waals surface area contributed by atoms with Crippen molar-refractivity contribution in [1.82, 2.24) is 0 Å². The van der Waals surface area contributed by atoms with Crippen molar-refractivity contribution in [1.29, 1.82) is 0 Å². The van der Waals surface area contributed by atoms with Crippen LogP contribution in [0.2, 0.25) is 0 Å². The van der Waals surface area contributed by atoms with Crippen LogP contribution >= 0.6 is 31.9 Å². The maximum absolute atomic E-state index is 5.43. The van der Waals surface area contributed by atoms with E-state index in [0.29, 0.717) is 0 Å². The van der Waals surface area contributed by atoms with Gasteiger partial charge in [-0.15, -0.1) is 0 Å². The number of fused-ring (bicyclic) bond motifs is 1. The minimum atomic E-state index is 0.0615. The average Bonchev–Trinajstić information content (AvgIpc) is 2.91. The highest BCUT2D eigenvalue weighted by atomic mass is 79.9. The molecular weight excluding hydrogens is 384 g/mol. The fourth-order valence-corrected chi connectivity index (χ4v) is 3.88. The van der Waals surface area contributed by atoms with Crippen LogP contribution in [0.4, 0.5) is 0 Å². The van der Waals surface area contributed by atoms with Crippen molar-refractivity contribution in [3.05, 3.63) is 64.5 Å². The van der Waals surface area contributed by atoms with Crippen LogP contribution in [0.3, 0.4) is 0 Å². The molecule has 0 fully saturated rings. The van der Waals surface area contributed by atoms with Crippen molar-refractivity contribution >= 4 is 42.6 Å². The number of rotatable bonds is 3. The summed E-state index contributed by atoms with van der Waals surface area (Å²) in [5, 5.41) is 2.28. The molecule has 1 unspecified atom stereocenters. The highest BCUT2D eigenvalue weighted by Gasteiger charge is 2.18. The summed E-state index contributed by atoms with van der Waals surface area (Å²) in [4.78, 5) is 0.0615. The van der Waals surface area contributed by atoms with E-state index >= 15 is 0 Å². The molecule has 0 bridgehead atoms. The maximum Gasteiger partial charge on any atom is 0.173 e. The molecule has 0 aliphatic carbocycles. The molecule has 3 rings (SSSR count). The Morgan fingerprint density at radius 1 is 1.00 bits per heavy atom. The Labute approximate surface area is 134 Å². The van der Waals surface area contributed by atoms with Gasteiger partial charge in [-0.1, -0.05) is 46.3 Å². The smallest absolute Gasteiger partial charge is 0.173 e.